The third-order valence-corrected chi connectivity index (χ3v) is 6.21. The Morgan fingerprint density at radius 3 is 2.19 bits per heavy atom. The van der Waals surface area contributed by atoms with E-state index in [0.29, 0.717) is 15.6 Å². The summed E-state index contributed by atoms with van der Waals surface area (Å²) in [5, 5.41) is 4.89. The van der Waals surface area contributed by atoms with E-state index in [1.165, 1.54) is 18.2 Å². The largest absolute Gasteiger partial charge is 0.405 e. The molecule has 0 heterocycles. The average molecular weight is 535 g/mol. The van der Waals surface area contributed by atoms with Crippen LogP contribution in [-0.2, 0) is 4.79 Å². The van der Waals surface area contributed by atoms with E-state index in [2.05, 4.69) is 5.32 Å². The van der Waals surface area contributed by atoms with Crippen LogP contribution in [-0.4, -0.2) is 28.9 Å². The SMILES string of the molecule is O=C(NCC(F)(F)F)c1cc(NC(=O)[C@@H]2[C@@H](c3cc(Cl)cc(Cl)c3)C2(Cl)Cl)ccc1Cl. The number of amides is 2. The topological polar surface area (TPSA) is 58.2 Å². The van der Waals surface area contributed by atoms with Gasteiger partial charge in [-0.05, 0) is 42.0 Å². The normalized spacial score (nSPS) is 19.6. The van der Waals surface area contributed by atoms with E-state index in [1.54, 1.807) is 17.4 Å². The van der Waals surface area contributed by atoms with Crippen molar-refractivity contribution in [2.24, 2.45) is 5.92 Å². The molecule has 0 aromatic heterocycles. The van der Waals surface area contributed by atoms with E-state index < -0.39 is 40.7 Å². The number of hydrogen-bond donors (Lipinski definition) is 2. The summed E-state index contributed by atoms with van der Waals surface area (Å²) >= 11 is 30.5. The monoisotopic (exact) mass is 532 g/mol. The van der Waals surface area contributed by atoms with Gasteiger partial charge in [0.2, 0.25) is 5.91 Å². The van der Waals surface area contributed by atoms with Crippen molar-refractivity contribution in [2.75, 3.05) is 11.9 Å². The van der Waals surface area contributed by atoms with Gasteiger partial charge in [0.25, 0.3) is 5.91 Å². The third kappa shape index (κ3) is 5.71. The van der Waals surface area contributed by atoms with Gasteiger partial charge in [0, 0.05) is 21.7 Å². The molecule has 1 saturated carbocycles. The lowest BCUT2D eigenvalue weighted by molar-refractivity contribution is -0.123. The number of carbonyl (C=O) groups is 2. The molecule has 0 unspecified atom stereocenters. The molecule has 0 saturated heterocycles. The van der Waals surface area contributed by atoms with Crippen LogP contribution in [0.25, 0.3) is 0 Å². The molecular formula is C19H12Cl5F3N2O2. The van der Waals surface area contributed by atoms with Crippen molar-refractivity contribution >= 4 is 75.5 Å². The fourth-order valence-corrected chi connectivity index (χ4v) is 4.67. The van der Waals surface area contributed by atoms with Crippen LogP contribution in [0.1, 0.15) is 21.8 Å². The first-order chi connectivity index (χ1) is 14.3. The van der Waals surface area contributed by atoms with E-state index in [-0.39, 0.29) is 16.3 Å². The highest BCUT2D eigenvalue weighted by atomic mass is 35.5. The molecule has 2 aromatic rings. The minimum Gasteiger partial charge on any atom is -0.343 e. The van der Waals surface area contributed by atoms with E-state index in [9.17, 15) is 22.8 Å². The number of carbonyl (C=O) groups excluding carboxylic acids is 2. The van der Waals surface area contributed by atoms with Crippen LogP contribution in [0.4, 0.5) is 18.9 Å². The molecule has 166 valence electrons. The van der Waals surface area contributed by atoms with E-state index >= 15 is 0 Å². The van der Waals surface area contributed by atoms with E-state index in [0.717, 1.165) is 6.07 Å². The zero-order chi connectivity index (χ0) is 23.1. The number of nitrogens with one attached hydrogen (secondary N) is 2. The van der Waals surface area contributed by atoms with Crippen molar-refractivity contribution in [2.45, 2.75) is 16.4 Å². The maximum absolute atomic E-state index is 12.7. The minimum absolute atomic E-state index is 0.0837. The van der Waals surface area contributed by atoms with Crippen molar-refractivity contribution < 1.29 is 22.8 Å². The zero-order valence-electron chi connectivity index (χ0n) is 15.2. The quantitative estimate of drug-likeness (QED) is 0.433. The van der Waals surface area contributed by atoms with Crippen LogP contribution < -0.4 is 10.6 Å². The highest BCUT2D eigenvalue weighted by Crippen LogP contribution is 2.65. The maximum atomic E-state index is 12.7. The van der Waals surface area contributed by atoms with Gasteiger partial charge >= 0.3 is 6.18 Å². The van der Waals surface area contributed by atoms with Gasteiger partial charge in [0.15, 0.2) is 0 Å². The standard InChI is InChI=1S/C19H12Cl5F3N2O2/c20-9-3-8(4-10(21)5-9)14-15(19(14,23)24)17(31)29-11-1-2-13(22)12(6-11)16(30)28-7-18(25,26)27/h1-6,14-15H,7H2,(H,28,30)(H,29,31)/t14-,15+/m1/s1. The molecule has 0 bridgehead atoms. The Labute approximate surface area is 199 Å². The third-order valence-electron chi connectivity index (χ3n) is 4.51. The van der Waals surface area contributed by atoms with Gasteiger partial charge in [0.1, 0.15) is 10.9 Å². The fraction of sp³-hybridized carbons (Fsp3) is 0.263. The first kappa shape index (κ1) is 24.3. The molecule has 1 aliphatic rings. The number of anilines is 1. The van der Waals surface area contributed by atoms with Crippen LogP contribution in [0.3, 0.4) is 0 Å². The Hall–Kier alpha value is -1.38. The van der Waals surface area contributed by atoms with Gasteiger partial charge in [-0.15, -0.1) is 23.2 Å². The van der Waals surface area contributed by atoms with Gasteiger partial charge in [-0.3, -0.25) is 9.59 Å². The number of hydrogen-bond acceptors (Lipinski definition) is 2. The summed E-state index contributed by atoms with van der Waals surface area (Å²) in [5.74, 6) is -3.05. The van der Waals surface area contributed by atoms with Crippen LogP contribution in [0.15, 0.2) is 36.4 Å². The Bertz CT molecular complexity index is 1030. The fourth-order valence-electron chi connectivity index (χ4n) is 3.10. The summed E-state index contributed by atoms with van der Waals surface area (Å²) in [6.45, 7) is -1.52. The molecule has 0 radical (unpaired) electrons. The van der Waals surface area contributed by atoms with Crippen molar-refractivity contribution in [3.63, 3.8) is 0 Å². The molecule has 2 aromatic carbocycles. The molecule has 3 rings (SSSR count). The first-order valence-electron chi connectivity index (χ1n) is 8.59. The molecular weight excluding hydrogens is 522 g/mol. The lowest BCUT2D eigenvalue weighted by Gasteiger charge is -2.11. The molecule has 2 N–H and O–H groups in total. The predicted octanol–water partition coefficient (Wildman–Crippen LogP) is 6.46. The lowest BCUT2D eigenvalue weighted by Crippen LogP contribution is -2.33. The smallest absolute Gasteiger partial charge is 0.343 e. The van der Waals surface area contributed by atoms with E-state index in [4.69, 9.17) is 58.0 Å². The summed E-state index contributed by atoms with van der Waals surface area (Å²) in [4.78, 5) is 24.8. The first-order valence-corrected chi connectivity index (χ1v) is 10.5. The van der Waals surface area contributed by atoms with Crippen molar-refractivity contribution in [1.29, 1.82) is 0 Å². The van der Waals surface area contributed by atoms with Gasteiger partial charge in [-0.1, -0.05) is 34.8 Å². The molecule has 2 amide bonds. The predicted molar refractivity (Wildman–Crippen MR) is 116 cm³/mol. The molecule has 0 aliphatic heterocycles. The molecule has 2 atom stereocenters. The Kier molecular flexibility index (Phi) is 6.94. The number of alkyl halides is 5. The highest BCUT2D eigenvalue weighted by Gasteiger charge is 2.67. The minimum atomic E-state index is -4.58. The summed E-state index contributed by atoms with van der Waals surface area (Å²) in [5.41, 5.74) is 0.470. The molecule has 12 heteroatoms. The lowest BCUT2D eigenvalue weighted by atomic mass is 10.1. The van der Waals surface area contributed by atoms with Gasteiger partial charge in [-0.25, -0.2) is 0 Å². The molecule has 31 heavy (non-hydrogen) atoms. The second kappa shape index (κ2) is 8.87. The van der Waals surface area contributed by atoms with Crippen LogP contribution in [0.2, 0.25) is 15.1 Å². The second-order valence-electron chi connectivity index (χ2n) is 6.81. The van der Waals surface area contributed by atoms with Crippen LogP contribution in [0, 0.1) is 5.92 Å². The molecule has 1 fully saturated rings. The number of benzene rings is 2. The van der Waals surface area contributed by atoms with Gasteiger partial charge in [0.05, 0.1) is 16.5 Å². The summed E-state index contributed by atoms with van der Waals surface area (Å²) < 4.78 is 35.6. The number of halogens is 8. The van der Waals surface area contributed by atoms with E-state index in [1.807, 2.05) is 0 Å². The van der Waals surface area contributed by atoms with Gasteiger partial charge in [-0.2, -0.15) is 13.2 Å². The van der Waals surface area contributed by atoms with Crippen molar-refractivity contribution in [3.8, 4) is 0 Å². The number of rotatable bonds is 5. The Balaban J connectivity index is 1.75. The van der Waals surface area contributed by atoms with Crippen molar-refractivity contribution in [1.82, 2.24) is 5.32 Å². The van der Waals surface area contributed by atoms with Gasteiger partial charge < -0.3 is 10.6 Å². The Morgan fingerprint density at radius 1 is 1.00 bits per heavy atom. The highest BCUT2D eigenvalue weighted by molar-refractivity contribution is 6.53. The summed E-state index contributed by atoms with van der Waals surface area (Å²) in [6.07, 6.45) is -4.58. The molecule has 4 nitrogen and oxygen atoms in total. The van der Waals surface area contributed by atoms with Crippen LogP contribution >= 0.6 is 58.0 Å². The second-order valence-corrected chi connectivity index (χ2v) is 9.54. The average Bonchev–Trinajstić information content (AvgIpc) is 3.22. The molecule has 1 aliphatic carbocycles. The maximum Gasteiger partial charge on any atom is 0.405 e. The molecule has 0 spiro atoms. The Morgan fingerprint density at radius 2 is 1.61 bits per heavy atom. The zero-order valence-corrected chi connectivity index (χ0v) is 18.9. The summed E-state index contributed by atoms with van der Waals surface area (Å²) in [7, 11) is 0. The summed E-state index contributed by atoms with van der Waals surface area (Å²) in [6, 6.07) is 8.53. The van der Waals surface area contributed by atoms with Crippen molar-refractivity contribution in [3.05, 3.63) is 62.6 Å². The van der Waals surface area contributed by atoms with Crippen LogP contribution in [0.5, 0.6) is 0 Å².